The molecule has 0 heterocycles. The maximum atomic E-state index is 11.8. The van der Waals surface area contributed by atoms with Gasteiger partial charge in [0, 0.05) is 5.75 Å². The lowest BCUT2D eigenvalue weighted by Crippen LogP contribution is -2.00. The van der Waals surface area contributed by atoms with Gasteiger partial charge in [0.05, 0.1) is 0 Å². The van der Waals surface area contributed by atoms with Crippen molar-refractivity contribution in [2.24, 2.45) is 0 Å². The minimum Gasteiger partial charge on any atom is -0.160 e. The second-order valence-electron chi connectivity index (χ2n) is 2.72. The summed E-state index contributed by atoms with van der Waals surface area (Å²) in [7, 11) is 0. The molecular weight excluding hydrogens is 197 g/mol. The molecule has 1 rings (SSSR count). The zero-order chi connectivity index (χ0) is 9.90. The lowest BCUT2D eigenvalue weighted by atomic mass is 10.2. The van der Waals surface area contributed by atoms with Gasteiger partial charge in [-0.15, -0.1) is 0 Å². The van der Waals surface area contributed by atoms with E-state index >= 15 is 0 Å². The Balaban J connectivity index is 2.51. The Morgan fingerprint density at radius 1 is 1.15 bits per heavy atom. The summed E-state index contributed by atoms with van der Waals surface area (Å²) in [6.07, 6.45) is 0. The number of thioether (sulfide) groups is 1. The van der Waals surface area contributed by atoms with Crippen molar-refractivity contribution < 1.29 is 13.2 Å². The molecule has 0 amide bonds. The van der Waals surface area contributed by atoms with Crippen LogP contribution in [0.1, 0.15) is 11.1 Å². The van der Waals surface area contributed by atoms with E-state index in [1.165, 1.54) is 0 Å². The molecule has 0 radical (unpaired) electrons. The maximum Gasteiger partial charge on any atom is 0.442 e. The summed E-state index contributed by atoms with van der Waals surface area (Å²) < 4.78 is 35.4. The minimum absolute atomic E-state index is 0.00748. The summed E-state index contributed by atoms with van der Waals surface area (Å²) in [5.41, 5.74) is -2.38. The zero-order valence-corrected chi connectivity index (χ0v) is 7.88. The molecule has 0 bridgehead atoms. The Morgan fingerprint density at radius 3 is 2.15 bits per heavy atom. The first-order chi connectivity index (χ1) is 5.97. The molecule has 13 heavy (non-hydrogen) atoms. The van der Waals surface area contributed by atoms with Crippen molar-refractivity contribution in [3.05, 3.63) is 35.4 Å². The maximum absolute atomic E-state index is 11.8. The Morgan fingerprint density at radius 2 is 1.69 bits per heavy atom. The number of halogens is 3. The number of benzene rings is 1. The first kappa shape index (κ1) is 10.4. The Kier molecular flexibility index (Phi) is 3.25. The summed E-state index contributed by atoms with van der Waals surface area (Å²) in [6.45, 7) is 1.90. The molecule has 0 unspecified atom stereocenters. The highest BCUT2D eigenvalue weighted by Gasteiger charge is 2.27. The molecule has 0 fully saturated rings. The topological polar surface area (TPSA) is 0 Å². The molecule has 1 aromatic carbocycles. The molecule has 4 heteroatoms. The first-order valence-corrected chi connectivity index (χ1v) is 4.72. The second-order valence-corrected chi connectivity index (χ2v) is 3.76. The van der Waals surface area contributed by atoms with E-state index in [9.17, 15) is 13.2 Å². The average Bonchev–Trinajstić information content (AvgIpc) is 2.02. The molecule has 0 aliphatic rings. The normalized spacial score (nSPS) is 11.7. The van der Waals surface area contributed by atoms with Crippen LogP contribution in [0.2, 0.25) is 0 Å². The van der Waals surface area contributed by atoms with Gasteiger partial charge in [-0.25, -0.2) is 0 Å². The van der Waals surface area contributed by atoms with Crippen LogP contribution < -0.4 is 0 Å². The van der Waals surface area contributed by atoms with Gasteiger partial charge in [-0.1, -0.05) is 29.8 Å². The van der Waals surface area contributed by atoms with Crippen LogP contribution in [0.3, 0.4) is 0 Å². The molecule has 0 nitrogen and oxygen atoms in total. The fraction of sp³-hybridized carbons (Fsp3) is 0.333. The van der Waals surface area contributed by atoms with Crippen molar-refractivity contribution in [3.63, 3.8) is 0 Å². The SMILES string of the molecule is Cc1ccc(CSC(F)(F)F)cc1. The van der Waals surface area contributed by atoms with Crippen LogP contribution >= 0.6 is 11.8 Å². The molecule has 0 aliphatic heterocycles. The van der Waals surface area contributed by atoms with Crippen LogP contribution in [0.25, 0.3) is 0 Å². The fourth-order valence-corrected chi connectivity index (χ4v) is 1.37. The second kappa shape index (κ2) is 4.05. The molecule has 0 saturated carbocycles. The number of hydrogen-bond donors (Lipinski definition) is 0. The van der Waals surface area contributed by atoms with E-state index in [1.54, 1.807) is 12.1 Å². The van der Waals surface area contributed by atoms with Crippen LogP contribution in [0.4, 0.5) is 13.2 Å². The van der Waals surface area contributed by atoms with E-state index in [0.29, 0.717) is 5.56 Å². The van der Waals surface area contributed by atoms with Crippen LogP contribution in [0.5, 0.6) is 0 Å². The number of alkyl halides is 3. The summed E-state index contributed by atoms with van der Waals surface area (Å²) in [5, 5.41) is 0. The smallest absolute Gasteiger partial charge is 0.160 e. The Labute approximate surface area is 79.1 Å². The van der Waals surface area contributed by atoms with E-state index in [1.807, 2.05) is 19.1 Å². The van der Waals surface area contributed by atoms with Crippen LogP contribution in [0, 0.1) is 6.92 Å². The highest BCUT2D eigenvalue weighted by molar-refractivity contribution is 7.99. The van der Waals surface area contributed by atoms with Crippen molar-refractivity contribution in [2.75, 3.05) is 0 Å². The summed E-state index contributed by atoms with van der Waals surface area (Å²) >= 11 is -0.00748. The number of hydrogen-bond acceptors (Lipinski definition) is 1. The quantitative estimate of drug-likeness (QED) is 0.710. The van der Waals surface area contributed by atoms with Crippen LogP contribution in [-0.4, -0.2) is 5.51 Å². The zero-order valence-electron chi connectivity index (χ0n) is 7.06. The van der Waals surface area contributed by atoms with E-state index < -0.39 is 5.51 Å². The van der Waals surface area contributed by atoms with Crippen molar-refractivity contribution in [1.82, 2.24) is 0 Å². The molecular formula is C9H9F3S. The fourth-order valence-electron chi connectivity index (χ4n) is 0.849. The molecule has 0 aliphatic carbocycles. The van der Waals surface area contributed by atoms with Gasteiger partial charge >= 0.3 is 5.51 Å². The molecule has 1 aromatic rings. The van der Waals surface area contributed by atoms with Gasteiger partial charge in [-0.05, 0) is 24.2 Å². The summed E-state index contributed by atoms with van der Waals surface area (Å²) in [5.74, 6) is -0.0101. The van der Waals surface area contributed by atoms with Crippen molar-refractivity contribution in [2.45, 2.75) is 18.2 Å². The van der Waals surface area contributed by atoms with E-state index in [4.69, 9.17) is 0 Å². The van der Waals surface area contributed by atoms with E-state index in [-0.39, 0.29) is 17.5 Å². The molecule has 0 aromatic heterocycles. The molecule has 0 saturated heterocycles. The third-order valence-electron chi connectivity index (χ3n) is 1.52. The molecule has 0 spiro atoms. The van der Waals surface area contributed by atoms with Crippen LogP contribution in [0.15, 0.2) is 24.3 Å². The third kappa shape index (κ3) is 4.22. The van der Waals surface area contributed by atoms with E-state index in [2.05, 4.69) is 0 Å². The summed E-state index contributed by atoms with van der Waals surface area (Å²) in [6, 6.07) is 7.06. The highest BCUT2D eigenvalue weighted by atomic mass is 32.2. The van der Waals surface area contributed by atoms with Gasteiger partial charge in [-0.3, -0.25) is 0 Å². The molecule has 0 atom stereocenters. The van der Waals surface area contributed by atoms with Gasteiger partial charge in [0.2, 0.25) is 0 Å². The van der Waals surface area contributed by atoms with Gasteiger partial charge in [0.1, 0.15) is 0 Å². The third-order valence-corrected chi connectivity index (χ3v) is 2.33. The standard InChI is InChI=1S/C9H9F3S/c1-7-2-4-8(5-3-7)6-13-9(10,11)12/h2-5H,6H2,1H3. The van der Waals surface area contributed by atoms with Crippen molar-refractivity contribution in [3.8, 4) is 0 Å². The van der Waals surface area contributed by atoms with Crippen molar-refractivity contribution >= 4 is 11.8 Å². The largest absolute Gasteiger partial charge is 0.442 e. The van der Waals surface area contributed by atoms with Gasteiger partial charge in [0.15, 0.2) is 0 Å². The van der Waals surface area contributed by atoms with Crippen LogP contribution in [-0.2, 0) is 5.75 Å². The number of rotatable bonds is 2. The monoisotopic (exact) mass is 206 g/mol. The van der Waals surface area contributed by atoms with E-state index in [0.717, 1.165) is 5.56 Å². The molecule has 0 N–H and O–H groups in total. The molecule has 72 valence electrons. The predicted molar refractivity (Wildman–Crippen MR) is 48.5 cm³/mol. The Bertz CT molecular complexity index is 263. The first-order valence-electron chi connectivity index (χ1n) is 3.73. The van der Waals surface area contributed by atoms with Crippen molar-refractivity contribution in [1.29, 1.82) is 0 Å². The highest BCUT2D eigenvalue weighted by Crippen LogP contribution is 2.32. The van der Waals surface area contributed by atoms with Gasteiger partial charge in [-0.2, -0.15) is 13.2 Å². The van der Waals surface area contributed by atoms with Gasteiger partial charge < -0.3 is 0 Å². The predicted octanol–water partition coefficient (Wildman–Crippen LogP) is 3.75. The minimum atomic E-state index is -4.13. The lowest BCUT2D eigenvalue weighted by Gasteiger charge is -2.05. The summed E-state index contributed by atoms with van der Waals surface area (Å²) in [4.78, 5) is 0. The Hall–Kier alpha value is -0.640. The lowest BCUT2D eigenvalue weighted by molar-refractivity contribution is -0.0329. The average molecular weight is 206 g/mol. The van der Waals surface area contributed by atoms with Gasteiger partial charge in [0.25, 0.3) is 0 Å². The number of aryl methyl sites for hydroxylation is 1.